The first kappa shape index (κ1) is 12.7. The van der Waals surface area contributed by atoms with Crippen molar-refractivity contribution in [2.24, 2.45) is 0 Å². The van der Waals surface area contributed by atoms with Gasteiger partial charge in [-0.1, -0.05) is 18.2 Å². The fourth-order valence-electron chi connectivity index (χ4n) is 2.44. The predicted octanol–water partition coefficient (Wildman–Crippen LogP) is 3.40. The summed E-state index contributed by atoms with van der Waals surface area (Å²) in [5.74, 6) is 1.07. The Morgan fingerprint density at radius 3 is 3.16 bits per heavy atom. The average molecular weight is 273 g/mol. The molecule has 3 rings (SSSR count). The molecule has 0 aliphatic carbocycles. The monoisotopic (exact) mass is 273 g/mol. The number of hydrogen-bond acceptors (Lipinski definition) is 3. The van der Waals surface area contributed by atoms with E-state index < -0.39 is 0 Å². The Balaban J connectivity index is 1.54. The largest absolute Gasteiger partial charge is 0.493 e. The van der Waals surface area contributed by atoms with Crippen LogP contribution in [0.1, 0.15) is 22.9 Å². The van der Waals surface area contributed by atoms with Crippen LogP contribution in [0.3, 0.4) is 0 Å². The van der Waals surface area contributed by atoms with E-state index in [4.69, 9.17) is 4.74 Å². The molecule has 0 radical (unpaired) electrons. The van der Waals surface area contributed by atoms with E-state index in [-0.39, 0.29) is 0 Å². The molecule has 1 aliphatic heterocycles. The van der Waals surface area contributed by atoms with Gasteiger partial charge in [0.05, 0.1) is 6.61 Å². The van der Waals surface area contributed by atoms with Crippen LogP contribution in [0.25, 0.3) is 0 Å². The fourth-order valence-corrected chi connectivity index (χ4v) is 3.28. The summed E-state index contributed by atoms with van der Waals surface area (Å²) in [6, 6.07) is 11.4. The molecule has 0 saturated heterocycles. The Bertz CT molecular complexity index is 536. The van der Waals surface area contributed by atoms with Crippen LogP contribution in [0.15, 0.2) is 35.7 Å². The lowest BCUT2D eigenvalue weighted by Crippen LogP contribution is -2.27. The third kappa shape index (κ3) is 3.17. The van der Waals surface area contributed by atoms with Crippen LogP contribution in [0.2, 0.25) is 0 Å². The van der Waals surface area contributed by atoms with Crippen molar-refractivity contribution in [2.45, 2.75) is 32.4 Å². The predicted molar refractivity (Wildman–Crippen MR) is 80.0 cm³/mol. The molecule has 3 heteroatoms. The van der Waals surface area contributed by atoms with Crippen LogP contribution >= 0.6 is 11.3 Å². The Morgan fingerprint density at radius 1 is 1.37 bits per heavy atom. The van der Waals surface area contributed by atoms with Crippen LogP contribution in [0.4, 0.5) is 0 Å². The SMILES string of the molecule is CC(Cc1cccs1)NCc1ccc2c(c1)CCO2. The van der Waals surface area contributed by atoms with Gasteiger partial charge in [-0.25, -0.2) is 0 Å². The second-order valence-electron chi connectivity index (χ2n) is 5.11. The van der Waals surface area contributed by atoms with Gasteiger partial charge in [0.1, 0.15) is 5.75 Å². The number of hydrogen-bond donors (Lipinski definition) is 1. The van der Waals surface area contributed by atoms with Gasteiger partial charge in [-0.3, -0.25) is 0 Å². The van der Waals surface area contributed by atoms with Gasteiger partial charge in [0.15, 0.2) is 0 Å². The van der Waals surface area contributed by atoms with Crippen LogP contribution in [-0.4, -0.2) is 12.6 Å². The molecule has 1 aromatic carbocycles. The minimum Gasteiger partial charge on any atom is -0.493 e. The maximum atomic E-state index is 5.53. The zero-order valence-electron chi connectivity index (χ0n) is 11.2. The molecule has 0 amide bonds. The van der Waals surface area contributed by atoms with E-state index >= 15 is 0 Å². The number of fused-ring (bicyclic) bond motifs is 1. The molecule has 0 saturated carbocycles. The second-order valence-corrected chi connectivity index (χ2v) is 6.14. The van der Waals surface area contributed by atoms with Crippen molar-refractivity contribution in [1.82, 2.24) is 5.32 Å². The zero-order chi connectivity index (χ0) is 13.1. The Hall–Kier alpha value is -1.32. The molecule has 0 spiro atoms. The Kier molecular flexibility index (Phi) is 3.85. The van der Waals surface area contributed by atoms with Gasteiger partial charge in [-0.2, -0.15) is 0 Å². The first-order valence-electron chi connectivity index (χ1n) is 6.81. The molecule has 1 aliphatic rings. The molecule has 0 fully saturated rings. The van der Waals surface area contributed by atoms with Gasteiger partial charge in [-0.15, -0.1) is 11.3 Å². The summed E-state index contributed by atoms with van der Waals surface area (Å²) in [6.45, 7) is 4.01. The first-order chi connectivity index (χ1) is 9.31. The number of rotatable bonds is 5. The van der Waals surface area contributed by atoms with E-state index in [1.165, 1.54) is 16.0 Å². The van der Waals surface area contributed by atoms with Gasteiger partial charge in [0.25, 0.3) is 0 Å². The standard InChI is InChI=1S/C16H19NOS/c1-12(9-15-3-2-8-19-15)17-11-13-4-5-16-14(10-13)6-7-18-16/h2-5,8,10,12,17H,6-7,9,11H2,1H3. The molecular formula is C16H19NOS. The van der Waals surface area contributed by atoms with E-state index in [1.54, 1.807) is 0 Å². The molecule has 2 nitrogen and oxygen atoms in total. The van der Waals surface area contributed by atoms with Gasteiger partial charge in [0.2, 0.25) is 0 Å². The van der Waals surface area contributed by atoms with Gasteiger partial charge < -0.3 is 10.1 Å². The summed E-state index contributed by atoms with van der Waals surface area (Å²) >= 11 is 1.83. The quantitative estimate of drug-likeness (QED) is 0.901. The molecular weight excluding hydrogens is 254 g/mol. The summed E-state index contributed by atoms with van der Waals surface area (Å²) in [6.07, 6.45) is 2.15. The van der Waals surface area contributed by atoms with Gasteiger partial charge >= 0.3 is 0 Å². The Labute approximate surface area is 118 Å². The highest BCUT2D eigenvalue weighted by atomic mass is 32.1. The lowest BCUT2D eigenvalue weighted by atomic mass is 10.1. The topological polar surface area (TPSA) is 21.3 Å². The maximum Gasteiger partial charge on any atom is 0.122 e. The molecule has 1 N–H and O–H groups in total. The van der Waals surface area contributed by atoms with Crippen molar-refractivity contribution in [3.8, 4) is 5.75 Å². The Morgan fingerprint density at radius 2 is 2.32 bits per heavy atom. The average Bonchev–Trinajstić information content (AvgIpc) is 3.06. The van der Waals surface area contributed by atoms with E-state index in [0.29, 0.717) is 6.04 Å². The van der Waals surface area contributed by atoms with Gasteiger partial charge in [-0.05, 0) is 42.0 Å². The van der Waals surface area contributed by atoms with Crippen molar-refractivity contribution in [1.29, 1.82) is 0 Å². The first-order valence-corrected chi connectivity index (χ1v) is 7.69. The highest BCUT2D eigenvalue weighted by molar-refractivity contribution is 7.09. The van der Waals surface area contributed by atoms with E-state index in [9.17, 15) is 0 Å². The number of thiophene rings is 1. The molecule has 100 valence electrons. The smallest absolute Gasteiger partial charge is 0.122 e. The number of benzene rings is 1. The summed E-state index contributed by atoms with van der Waals surface area (Å²) in [7, 11) is 0. The minimum absolute atomic E-state index is 0.503. The van der Waals surface area contributed by atoms with Crippen molar-refractivity contribution in [3.05, 3.63) is 51.7 Å². The van der Waals surface area contributed by atoms with Crippen molar-refractivity contribution in [3.63, 3.8) is 0 Å². The summed E-state index contributed by atoms with van der Waals surface area (Å²) < 4.78 is 5.53. The summed E-state index contributed by atoms with van der Waals surface area (Å²) in [4.78, 5) is 1.45. The normalized spacial score (nSPS) is 15.0. The molecule has 0 bridgehead atoms. The highest BCUT2D eigenvalue weighted by Gasteiger charge is 2.12. The summed E-state index contributed by atoms with van der Waals surface area (Å²) in [5.41, 5.74) is 2.70. The van der Waals surface area contributed by atoms with Gasteiger partial charge in [0, 0.05) is 23.9 Å². The molecule has 19 heavy (non-hydrogen) atoms. The number of ether oxygens (including phenoxy) is 1. The lowest BCUT2D eigenvalue weighted by Gasteiger charge is -2.13. The van der Waals surface area contributed by atoms with Crippen molar-refractivity contribution >= 4 is 11.3 Å². The van der Waals surface area contributed by atoms with Crippen LogP contribution in [0.5, 0.6) is 5.75 Å². The van der Waals surface area contributed by atoms with Crippen LogP contribution < -0.4 is 10.1 Å². The third-order valence-corrected chi connectivity index (χ3v) is 4.39. The number of nitrogens with one attached hydrogen (secondary N) is 1. The lowest BCUT2D eigenvalue weighted by molar-refractivity contribution is 0.357. The van der Waals surface area contributed by atoms with Crippen molar-refractivity contribution in [2.75, 3.05) is 6.61 Å². The maximum absolute atomic E-state index is 5.53. The summed E-state index contributed by atoms with van der Waals surface area (Å²) in [5, 5.41) is 5.74. The molecule has 1 aromatic heterocycles. The molecule has 1 atom stereocenters. The van der Waals surface area contributed by atoms with E-state index in [1.807, 2.05) is 11.3 Å². The van der Waals surface area contributed by atoms with Crippen LogP contribution in [-0.2, 0) is 19.4 Å². The fraction of sp³-hybridized carbons (Fsp3) is 0.375. The molecule has 1 unspecified atom stereocenters. The third-order valence-electron chi connectivity index (χ3n) is 3.50. The molecule has 2 heterocycles. The zero-order valence-corrected chi connectivity index (χ0v) is 12.0. The van der Waals surface area contributed by atoms with Crippen molar-refractivity contribution < 1.29 is 4.74 Å². The highest BCUT2D eigenvalue weighted by Crippen LogP contribution is 2.25. The van der Waals surface area contributed by atoms with E-state index in [0.717, 1.165) is 31.7 Å². The second kappa shape index (κ2) is 5.76. The molecule has 2 aromatic rings. The van der Waals surface area contributed by atoms with E-state index in [2.05, 4.69) is 48.0 Å². The van der Waals surface area contributed by atoms with Crippen LogP contribution in [0, 0.1) is 0 Å². The minimum atomic E-state index is 0.503.